The van der Waals surface area contributed by atoms with Gasteiger partial charge in [-0.3, -0.25) is 9.79 Å². The van der Waals surface area contributed by atoms with E-state index < -0.39 is 5.41 Å². The zero-order valence-electron chi connectivity index (χ0n) is 16.7. The van der Waals surface area contributed by atoms with Crippen molar-refractivity contribution in [2.45, 2.75) is 47.0 Å². The normalized spacial score (nSPS) is 16.9. The Labute approximate surface area is 171 Å². The highest BCUT2D eigenvalue weighted by Gasteiger charge is 2.26. The van der Waals surface area contributed by atoms with Gasteiger partial charge >= 0.3 is 0 Å². The van der Waals surface area contributed by atoms with E-state index in [0.29, 0.717) is 6.54 Å². The smallest absolute Gasteiger partial charge is 0.227 e. The van der Waals surface area contributed by atoms with Crippen LogP contribution in [0.15, 0.2) is 4.99 Å². The zero-order chi connectivity index (χ0) is 18.0. The van der Waals surface area contributed by atoms with Gasteiger partial charge in [-0.05, 0) is 65.6 Å². The topological polar surface area (TPSA) is 68.8 Å². The number of nitrogens with zero attached hydrogens (tertiary/aromatic N) is 2. The van der Waals surface area contributed by atoms with E-state index in [4.69, 9.17) is 0 Å². The molecule has 0 atom stereocenters. The summed E-state index contributed by atoms with van der Waals surface area (Å²) in [5.74, 6) is 1.69. The first-order valence-corrected chi connectivity index (χ1v) is 9.35. The summed E-state index contributed by atoms with van der Waals surface area (Å²) in [6.07, 6.45) is 3.76. The standard InChI is InChI=1S/C18H37N5O.HI/c1-6-20-17(22-14-18(3,4)16(24)19-5)21-10-7-11-23-12-8-15(2)9-13-23;/h15H,6-14H2,1-5H3,(H,19,24)(H2,20,21,22);1H. The lowest BCUT2D eigenvalue weighted by Crippen LogP contribution is -2.42. The number of rotatable bonds is 8. The minimum absolute atomic E-state index is 0. The van der Waals surface area contributed by atoms with Crippen LogP contribution in [-0.4, -0.2) is 63.1 Å². The van der Waals surface area contributed by atoms with E-state index in [1.165, 1.54) is 25.9 Å². The molecule has 1 rings (SSSR count). The molecule has 3 N–H and O–H groups in total. The minimum atomic E-state index is -0.498. The van der Waals surface area contributed by atoms with Gasteiger partial charge in [-0.2, -0.15) is 0 Å². The molecule has 0 spiro atoms. The van der Waals surface area contributed by atoms with Gasteiger partial charge in [-0.1, -0.05) is 6.92 Å². The molecule has 6 nitrogen and oxygen atoms in total. The molecule has 0 aromatic carbocycles. The Morgan fingerprint density at radius 2 is 1.88 bits per heavy atom. The Hall–Kier alpha value is -0.570. The Balaban J connectivity index is 0.00000576. The van der Waals surface area contributed by atoms with E-state index in [9.17, 15) is 4.79 Å². The number of piperidine rings is 1. The lowest BCUT2D eigenvalue weighted by atomic mass is 9.93. The molecule has 25 heavy (non-hydrogen) atoms. The van der Waals surface area contributed by atoms with E-state index in [1.54, 1.807) is 7.05 Å². The highest BCUT2D eigenvalue weighted by atomic mass is 127. The molecule has 1 aliphatic heterocycles. The molecular weight excluding hydrogens is 429 g/mol. The van der Waals surface area contributed by atoms with Gasteiger partial charge < -0.3 is 20.9 Å². The Bertz CT molecular complexity index is 406. The summed E-state index contributed by atoms with van der Waals surface area (Å²) >= 11 is 0. The first kappa shape index (κ1) is 24.4. The van der Waals surface area contributed by atoms with Crippen molar-refractivity contribution in [1.29, 1.82) is 0 Å². The van der Waals surface area contributed by atoms with Gasteiger partial charge in [0.05, 0.1) is 12.0 Å². The van der Waals surface area contributed by atoms with Gasteiger partial charge in [0.15, 0.2) is 5.96 Å². The fourth-order valence-corrected chi connectivity index (χ4v) is 2.82. The predicted octanol–water partition coefficient (Wildman–Crippen LogP) is 2.05. The van der Waals surface area contributed by atoms with Crippen LogP contribution in [0.3, 0.4) is 0 Å². The molecule has 0 saturated carbocycles. The minimum Gasteiger partial charge on any atom is -0.359 e. The van der Waals surface area contributed by atoms with Crippen LogP contribution in [0.25, 0.3) is 0 Å². The number of halogens is 1. The fourth-order valence-electron chi connectivity index (χ4n) is 2.82. The molecule has 0 radical (unpaired) electrons. The second-order valence-corrected chi connectivity index (χ2v) is 7.46. The van der Waals surface area contributed by atoms with Crippen molar-refractivity contribution in [2.75, 3.05) is 46.3 Å². The molecule has 1 fully saturated rings. The third kappa shape index (κ3) is 9.63. The molecule has 1 saturated heterocycles. The summed E-state index contributed by atoms with van der Waals surface area (Å²) in [6, 6.07) is 0. The van der Waals surface area contributed by atoms with Crippen molar-refractivity contribution in [1.82, 2.24) is 20.9 Å². The van der Waals surface area contributed by atoms with Gasteiger partial charge in [-0.25, -0.2) is 0 Å². The number of carbonyl (C=O) groups excluding carboxylic acids is 1. The summed E-state index contributed by atoms with van der Waals surface area (Å²) < 4.78 is 0. The van der Waals surface area contributed by atoms with Gasteiger partial charge in [0.2, 0.25) is 5.91 Å². The SMILES string of the molecule is CCNC(=NCC(C)(C)C(=O)NC)NCCCN1CCC(C)CC1.I. The van der Waals surface area contributed by atoms with E-state index in [2.05, 4.69) is 39.7 Å². The predicted molar refractivity (Wildman–Crippen MR) is 117 cm³/mol. The maximum atomic E-state index is 11.8. The molecule has 148 valence electrons. The number of carbonyl (C=O) groups is 1. The summed E-state index contributed by atoms with van der Waals surface area (Å²) in [7, 11) is 1.67. The highest BCUT2D eigenvalue weighted by Crippen LogP contribution is 2.16. The van der Waals surface area contributed by atoms with Crippen molar-refractivity contribution < 1.29 is 4.79 Å². The van der Waals surface area contributed by atoms with Crippen molar-refractivity contribution >= 4 is 35.8 Å². The van der Waals surface area contributed by atoms with Crippen LogP contribution >= 0.6 is 24.0 Å². The highest BCUT2D eigenvalue weighted by molar-refractivity contribution is 14.0. The third-order valence-electron chi connectivity index (χ3n) is 4.64. The van der Waals surface area contributed by atoms with E-state index in [-0.39, 0.29) is 29.9 Å². The van der Waals surface area contributed by atoms with Gasteiger partial charge in [0.25, 0.3) is 0 Å². The Morgan fingerprint density at radius 1 is 1.24 bits per heavy atom. The van der Waals surface area contributed by atoms with Crippen molar-refractivity contribution in [3.8, 4) is 0 Å². The lowest BCUT2D eigenvalue weighted by molar-refractivity contribution is -0.128. The molecule has 0 aromatic heterocycles. The van der Waals surface area contributed by atoms with Crippen molar-refractivity contribution in [3.05, 3.63) is 0 Å². The Morgan fingerprint density at radius 3 is 2.44 bits per heavy atom. The molecule has 0 bridgehead atoms. The quantitative estimate of drug-likeness (QED) is 0.221. The van der Waals surface area contributed by atoms with Crippen LogP contribution in [0, 0.1) is 11.3 Å². The van der Waals surface area contributed by atoms with E-state index in [1.807, 2.05) is 13.8 Å². The first-order valence-electron chi connectivity index (χ1n) is 9.35. The largest absolute Gasteiger partial charge is 0.359 e. The van der Waals surface area contributed by atoms with Crippen molar-refractivity contribution in [2.24, 2.45) is 16.3 Å². The second-order valence-electron chi connectivity index (χ2n) is 7.46. The van der Waals surface area contributed by atoms with Crippen LogP contribution < -0.4 is 16.0 Å². The molecule has 1 amide bonds. The average molecular weight is 467 g/mol. The lowest BCUT2D eigenvalue weighted by Gasteiger charge is -2.30. The van der Waals surface area contributed by atoms with Gasteiger partial charge in [-0.15, -0.1) is 24.0 Å². The van der Waals surface area contributed by atoms with Gasteiger partial charge in [0, 0.05) is 20.1 Å². The number of amides is 1. The number of aliphatic imine (C=N–C) groups is 1. The average Bonchev–Trinajstić information content (AvgIpc) is 2.57. The third-order valence-corrected chi connectivity index (χ3v) is 4.64. The van der Waals surface area contributed by atoms with Crippen LogP contribution in [0.4, 0.5) is 0 Å². The molecule has 0 unspecified atom stereocenters. The molecule has 0 aromatic rings. The summed E-state index contributed by atoms with van der Waals surface area (Å²) in [6.45, 7) is 14.0. The molecule has 0 aliphatic carbocycles. The maximum Gasteiger partial charge on any atom is 0.227 e. The number of nitrogens with one attached hydrogen (secondary N) is 3. The van der Waals surface area contributed by atoms with Crippen LogP contribution in [0.1, 0.15) is 47.0 Å². The summed E-state index contributed by atoms with van der Waals surface area (Å²) in [5, 5.41) is 9.33. The molecule has 7 heteroatoms. The number of hydrogen-bond donors (Lipinski definition) is 3. The molecule has 1 aliphatic rings. The number of likely N-dealkylation sites (tertiary alicyclic amines) is 1. The maximum absolute atomic E-state index is 11.8. The summed E-state index contributed by atoms with van der Waals surface area (Å²) in [4.78, 5) is 19.0. The van der Waals surface area contributed by atoms with E-state index in [0.717, 1.165) is 37.9 Å². The monoisotopic (exact) mass is 467 g/mol. The second kappa shape index (κ2) is 12.7. The van der Waals surface area contributed by atoms with Crippen LogP contribution in [0.5, 0.6) is 0 Å². The van der Waals surface area contributed by atoms with Crippen molar-refractivity contribution in [3.63, 3.8) is 0 Å². The van der Waals surface area contributed by atoms with Gasteiger partial charge in [0.1, 0.15) is 0 Å². The molecule has 1 heterocycles. The van der Waals surface area contributed by atoms with Crippen LogP contribution in [0.2, 0.25) is 0 Å². The van der Waals surface area contributed by atoms with Crippen LogP contribution in [-0.2, 0) is 4.79 Å². The zero-order valence-corrected chi connectivity index (χ0v) is 19.0. The number of hydrogen-bond acceptors (Lipinski definition) is 3. The number of guanidine groups is 1. The Kier molecular flexibility index (Phi) is 12.4. The molecular formula is C18H38IN5O. The van der Waals surface area contributed by atoms with E-state index >= 15 is 0 Å². The fraction of sp³-hybridized carbons (Fsp3) is 0.889. The summed E-state index contributed by atoms with van der Waals surface area (Å²) in [5.41, 5.74) is -0.498. The first-order chi connectivity index (χ1) is 11.4.